The molecule has 0 bridgehead atoms. The minimum Gasteiger partial charge on any atom is -0.350 e. The number of carbonyl (C=O) groups excluding carboxylic acids is 1. The van der Waals surface area contributed by atoms with Crippen LogP contribution in [0, 0.1) is 5.92 Å². The topological polar surface area (TPSA) is 50.2 Å². The SMILES string of the molecule is O=C(NCc1cc2n(n1)CCCN(Cc1cccc3ccccc13)C2)C1CCC1. The molecular formula is C24H28N4O. The molecule has 1 aromatic heterocycles. The van der Waals surface area contributed by atoms with Crippen molar-refractivity contribution in [1.29, 1.82) is 0 Å². The summed E-state index contributed by atoms with van der Waals surface area (Å²) in [5, 5.41) is 10.5. The molecule has 1 saturated carbocycles. The van der Waals surface area contributed by atoms with Crippen LogP contribution in [-0.2, 0) is 31.0 Å². The summed E-state index contributed by atoms with van der Waals surface area (Å²) in [7, 11) is 0. The van der Waals surface area contributed by atoms with Crippen molar-refractivity contribution < 1.29 is 4.79 Å². The number of carbonyl (C=O) groups is 1. The van der Waals surface area contributed by atoms with E-state index in [1.54, 1.807) is 0 Å². The van der Waals surface area contributed by atoms with E-state index in [2.05, 4.69) is 63.4 Å². The zero-order valence-electron chi connectivity index (χ0n) is 16.8. The van der Waals surface area contributed by atoms with Gasteiger partial charge in [-0.25, -0.2) is 0 Å². The number of nitrogens with one attached hydrogen (secondary N) is 1. The van der Waals surface area contributed by atoms with Gasteiger partial charge < -0.3 is 5.32 Å². The van der Waals surface area contributed by atoms with E-state index in [1.165, 1.54) is 28.5 Å². The fourth-order valence-corrected chi connectivity index (χ4v) is 4.47. The first-order valence-corrected chi connectivity index (χ1v) is 10.8. The Balaban J connectivity index is 1.27. The summed E-state index contributed by atoms with van der Waals surface area (Å²) in [6.45, 7) is 4.39. The van der Waals surface area contributed by atoms with Gasteiger partial charge in [0.1, 0.15) is 0 Å². The molecule has 1 aliphatic heterocycles. The van der Waals surface area contributed by atoms with Gasteiger partial charge in [0, 0.05) is 32.1 Å². The second kappa shape index (κ2) is 7.99. The van der Waals surface area contributed by atoms with Crippen molar-refractivity contribution in [1.82, 2.24) is 20.0 Å². The summed E-state index contributed by atoms with van der Waals surface area (Å²) in [4.78, 5) is 14.6. The van der Waals surface area contributed by atoms with Gasteiger partial charge in [-0.3, -0.25) is 14.4 Å². The maximum Gasteiger partial charge on any atom is 0.223 e. The average molecular weight is 389 g/mol. The number of benzene rings is 2. The first-order valence-electron chi connectivity index (χ1n) is 10.8. The number of hydrogen-bond donors (Lipinski definition) is 1. The summed E-state index contributed by atoms with van der Waals surface area (Å²) in [6, 6.07) is 17.4. The van der Waals surface area contributed by atoms with E-state index >= 15 is 0 Å². The van der Waals surface area contributed by atoms with Crippen molar-refractivity contribution in [3.8, 4) is 0 Å². The third-order valence-electron chi connectivity index (χ3n) is 6.34. The Kier molecular flexibility index (Phi) is 5.06. The summed E-state index contributed by atoms with van der Waals surface area (Å²) in [5.74, 6) is 0.420. The van der Waals surface area contributed by atoms with Crippen molar-refractivity contribution >= 4 is 16.7 Å². The van der Waals surface area contributed by atoms with Crippen LogP contribution in [0.5, 0.6) is 0 Å². The lowest BCUT2D eigenvalue weighted by Gasteiger charge is -2.23. The van der Waals surface area contributed by atoms with Gasteiger partial charge >= 0.3 is 0 Å². The summed E-state index contributed by atoms with van der Waals surface area (Å²) < 4.78 is 2.13. The molecule has 1 aliphatic carbocycles. The van der Waals surface area contributed by atoms with Gasteiger partial charge in [-0.15, -0.1) is 0 Å². The Morgan fingerprint density at radius 3 is 2.79 bits per heavy atom. The molecule has 5 nitrogen and oxygen atoms in total. The van der Waals surface area contributed by atoms with Crippen molar-refractivity contribution in [3.63, 3.8) is 0 Å². The molecule has 0 spiro atoms. The summed E-state index contributed by atoms with van der Waals surface area (Å²) in [6.07, 6.45) is 4.35. The third-order valence-corrected chi connectivity index (χ3v) is 6.34. The van der Waals surface area contributed by atoms with Gasteiger partial charge in [0.05, 0.1) is 17.9 Å². The highest BCUT2D eigenvalue weighted by Gasteiger charge is 2.25. The number of hydrogen-bond acceptors (Lipinski definition) is 3. The smallest absolute Gasteiger partial charge is 0.223 e. The van der Waals surface area contributed by atoms with Crippen molar-refractivity contribution in [2.75, 3.05) is 6.54 Å². The maximum absolute atomic E-state index is 12.1. The largest absolute Gasteiger partial charge is 0.350 e. The monoisotopic (exact) mass is 388 g/mol. The Bertz CT molecular complexity index is 1020. The fourth-order valence-electron chi connectivity index (χ4n) is 4.47. The Hall–Kier alpha value is -2.66. The first kappa shape index (κ1) is 18.4. The van der Waals surface area contributed by atoms with Crippen LogP contribution >= 0.6 is 0 Å². The molecule has 2 aliphatic rings. The molecule has 150 valence electrons. The second-order valence-electron chi connectivity index (χ2n) is 8.40. The maximum atomic E-state index is 12.1. The van der Waals surface area contributed by atoms with E-state index in [0.29, 0.717) is 6.54 Å². The number of fused-ring (bicyclic) bond motifs is 2. The fraction of sp³-hybridized carbons (Fsp3) is 0.417. The number of aryl methyl sites for hydroxylation is 1. The molecule has 0 radical (unpaired) electrons. The van der Waals surface area contributed by atoms with Crippen LogP contribution in [0.1, 0.15) is 42.6 Å². The standard InChI is InChI=1S/C24H28N4O/c29-24(19-8-4-9-19)25-15-21-14-22-17-27(12-5-13-28(22)26-21)16-20-10-3-7-18-6-1-2-11-23(18)20/h1-3,6-7,10-11,14,19H,4-5,8-9,12-13,15-17H2,(H,25,29). The van der Waals surface area contributed by atoms with Gasteiger partial charge in [-0.2, -0.15) is 5.10 Å². The highest BCUT2D eigenvalue weighted by molar-refractivity contribution is 5.85. The normalized spacial score (nSPS) is 17.5. The molecular weight excluding hydrogens is 360 g/mol. The molecule has 3 aromatic rings. The van der Waals surface area contributed by atoms with Gasteiger partial charge in [-0.05, 0) is 41.7 Å². The van der Waals surface area contributed by atoms with Crippen LogP contribution < -0.4 is 5.32 Å². The minimum atomic E-state index is 0.192. The number of nitrogens with zero attached hydrogens (tertiary/aromatic N) is 3. The zero-order valence-corrected chi connectivity index (χ0v) is 16.8. The molecule has 29 heavy (non-hydrogen) atoms. The lowest BCUT2D eigenvalue weighted by Crippen LogP contribution is -2.34. The van der Waals surface area contributed by atoms with Crippen molar-refractivity contribution in [2.24, 2.45) is 5.92 Å². The van der Waals surface area contributed by atoms with Crippen molar-refractivity contribution in [2.45, 2.75) is 51.9 Å². The third kappa shape index (κ3) is 3.92. The highest BCUT2D eigenvalue weighted by atomic mass is 16.1. The van der Waals surface area contributed by atoms with Crippen LogP contribution in [0.15, 0.2) is 48.5 Å². The average Bonchev–Trinajstić information content (AvgIpc) is 2.97. The predicted octanol–water partition coefficient (Wildman–Crippen LogP) is 3.86. The quantitative estimate of drug-likeness (QED) is 0.722. The second-order valence-corrected chi connectivity index (χ2v) is 8.40. The van der Waals surface area contributed by atoms with Crippen LogP contribution in [0.3, 0.4) is 0 Å². The van der Waals surface area contributed by atoms with Crippen LogP contribution in [0.4, 0.5) is 0 Å². The Morgan fingerprint density at radius 1 is 1.07 bits per heavy atom. The van der Waals surface area contributed by atoms with E-state index in [9.17, 15) is 4.79 Å². The lowest BCUT2D eigenvalue weighted by atomic mass is 9.85. The molecule has 1 N–H and O–H groups in total. The molecule has 5 heteroatoms. The molecule has 2 heterocycles. The summed E-state index contributed by atoms with van der Waals surface area (Å²) in [5.41, 5.74) is 3.60. The van der Waals surface area contributed by atoms with E-state index in [1.807, 2.05) is 0 Å². The van der Waals surface area contributed by atoms with E-state index < -0.39 is 0 Å². The number of amides is 1. The minimum absolute atomic E-state index is 0.192. The predicted molar refractivity (Wildman–Crippen MR) is 114 cm³/mol. The van der Waals surface area contributed by atoms with Gasteiger partial charge in [0.2, 0.25) is 5.91 Å². The van der Waals surface area contributed by atoms with Gasteiger partial charge in [0.25, 0.3) is 0 Å². The first-order chi connectivity index (χ1) is 14.3. The molecule has 2 aromatic carbocycles. The van der Waals surface area contributed by atoms with Crippen LogP contribution in [-0.4, -0.2) is 27.1 Å². The molecule has 0 unspecified atom stereocenters. The molecule has 0 atom stereocenters. The lowest BCUT2D eigenvalue weighted by molar-refractivity contribution is -0.127. The van der Waals surface area contributed by atoms with Gasteiger partial charge in [0.15, 0.2) is 0 Å². The van der Waals surface area contributed by atoms with E-state index in [0.717, 1.165) is 51.1 Å². The van der Waals surface area contributed by atoms with Crippen LogP contribution in [0.2, 0.25) is 0 Å². The van der Waals surface area contributed by atoms with Crippen molar-refractivity contribution in [3.05, 3.63) is 65.5 Å². The molecule has 5 rings (SSSR count). The molecule has 1 fully saturated rings. The van der Waals surface area contributed by atoms with E-state index in [-0.39, 0.29) is 11.8 Å². The van der Waals surface area contributed by atoms with Gasteiger partial charge in [-0.1, -0.05) is 48.9 Å². The Morgan fingerprint density at radius 2 is 1.93 bits per heavy atom. The molecule has 0 saturated heterocycles. The Labute approximate surface area is 171 Å². The van der Waals surface area contributed by atoms with E-state index in [4.69, 9.17) is 5.10 Å². The zero-order chi connectivity index (χ0) is 19.6. The number of rotatable bonds is 5. The highest BCUT2D eigenvalue weighted by Crippen LogP contribution is 2.26. The number of aromatic nitrogens is 2. The summed E-state index contributed by atoms with van der Waals surface area (Å²) >= 11 is 0. The molecule has 1 amide bonds. The van der Waals surface area contributed by atoms with Crippen LogP contribution in [0.25, 0.3) is 10.8 Å².